The van der Waals surface area contributed by atoms with Crippen LogP contribution in [0.5, 0.6) is 11.6 Å². The molecule has 0 bridgehead atoms. The number of fused-ring (bicyclic) bond motifs is 1. The molecule has 0 spiro atoms. The van der Waals surface area contributed by atoms with Crippen LogP contribution in [0.1, 0.15) is 27.2 Å². The highest BCUT2D eigenvalue weighted by Gasteiger charge is 2.31. The van der Waals surface area contributed by atoms with Crippen molar-refractivity contribution in [2.24, 2.45) is 7.05 Å². The van der Waals surface area contributed by atoms with Gasteiger partial charge < -0.3 is 14.6 Å². The van der Waals surface area contributed by atoms with Crippen LogP contribution in [0.25, 0.3) is 28.1 Å². The first-order valence-corrected chi connectivity index (χ1v) is 13.0. The van der Waals surface area contributed by atoms with E-state index in [1.54, 1.807) is 68.6 Å². The van der Waals surface area contributed by atoms with E-state index in [-0.39, 0.29) is 28.6 Å². The number of benzene rings is 2. The quantitative estimate of drug-likeness (QED) is 0.245. The van der Waals surface area contributed by atoms with Crippen LogP contribution in [0.15, 0.2) is 79.6 Å². The minimum atomic E-state index is -4.63. The molecule has 0 aliphatic rings. The second-order valence-electron chi connectivity index (χ2n) is 9.86. The van der Waals surface area contributed by atoms with Gasteiger partial charge >= 0.3 is 6.18 Å². The first kappa shape index (κ1) is 27.6. The van der Waals surface area contributed by atoms with E-state index in [1.165, 1.54) is 23.0 Å². The molecule has 0 unspecified atom stereocenters. The van der Waals surface area contributed by atoms with Gasteiger partial charge in [0.1, 0.15) is 11.1 Å². The van der Waals surface area contributed by atoms with Crippen LogP contribution < -0.4 is 10.1 Å². The lowest BCUT2D eigenvalue weighted by molar-refractivity contribution is -0.137. The second-order valence-corrected chi connectivity index (χ2v) is 9.86. The maximum atomic E-state index is 13.7. The van der Waals surface area contributed by atoms with Crippen molar-refractivity contribution in [3.63, 3.8) is 0 Å². The SMILES string of the molecule is Cc1cn(-c2cc(NC(=O)c3cc(Oc4nc(-c5cccnc5)nc5nn(C)cc45)ccc3C)cc(C(F)(F)F)c2)cn1. The molecule has 43 heavy (non-hydrogen) atoms. The van der Waals surface area contributed by atoms with Crippen molar-refractivity contribution in [3.05, 3.63) is 102 Å². The molecule has 4 heterocycles. The summed E-state index contributed by atoms with van der Waals surface area (Å²) in [7, 11) is 1.75. The number of anilines is 1. The summed E-state index contributed by atoms with van der Waals surface area (Å²) in [5, 5.41) is 7.54. The van der Waals surface area contributed by atoms with Crippen molar-refractivity contribution >= 4 is 22.6 Å². The lowest BCUT2D eigenvalue weighted by Gasteiger charge is -2.15. The third-order valence-electron chi connectivity index (χ3n) is 6.56. The zero-order valence-electron chi connectivity index (χ0n) is 23.1. The van der Waals surface area contributed by atoms with Gasteiger partial charge in [-0.2, -0.15) is 23.3 Å². The Morgan fingerprint density at radius 3 is 2.58 bits per heavy atom. The predicted molar refractivity (Wildman–Crippen MR) is 152 cm³/mol. The number of rotatable bonds is 6. The topological polar surface area (TPSA) is 113 Å². The lowest BCUT2D eigenvalue weighted by Crippen LogP contribution is -2.15. The smallest absolute Gasteiger partial charge is 0.416 e. The number of aryl methyl sites for hydroxylation is 3. The molecular formula is C30H23F3N8O2. The highest BCUT2D eigenvalue weighted by molar-refractivity contribution is 6.05. The van der Waals surface area contributed by atoms with Gasteiger partial charge in [-0.1, -0.05) is 6.07 Å². The molecule has 0 aliphatic heterocycles. The van der Waals surface area contributed by atoms with Crippen LogP contribution in [0.2, 0.25) is 0 Å². The number of ether oxygens (including phenoxy) is 1. The highest BCUT2D eigenvalue weighted by atomic mass is 19.4. The monoisotopic (exact) mass is 584 g/mol. The lowest BCUT2D eigenvalue weighted by atomic mass is 10.1. The van der Waals surface area contributed by atoms with Gasteiger partial charge in [0.05, 0.1) is 17.6 Å². The van der Waals surface area contributed by atoms with Gasteiger partial charge in [-0.05, 0) is 61.9 Å². The number of amides is 1. The highest BCUT2D eigenvalue weighted by Crippen LogP contribution is 2.34. The summed E-state index contributed by atoms with van der Waals surface area (Å²) in [5.41, 5.74) is 1.77. The fraction of sp³-hybridized carbons (Fsp3) is 0.133. The number of hydrogen-bond acceptors (Lipinski definition) is 7. The standard InChI is InChI=1S/C30H23F3N8O2/c1-17-6-7-23(43-29-25-15-40(3)39-27(25)37-26(38-29)19-5-4-8-34-13-19)12-24(17)28(42)36-21-9-20(30(31,32)33)10-22(11-21)41-14-18(2)35-16-41/h4-16H,1-3H3,(H,36,42). The summed E-state index contributed by atoms with van der Waals surface area (Å²) >= 11 is 0. The Bertz CT molecular complexity index is 1980. The Hall–Kier alpha value is -5.59. The maximum Gasteiger partial charge on any atom is 0.416 e. The molecule has 13 heteroatoms. The van der Waals surface area contributed by atoms with E-state index < -0.39 is 17.6 Å². The van der Waals surface area contributed by atoms with Crippen molar-refractivity contribution in [2.45, 2.75) is 20.0 Å². The van der Waals surface area contributed by atoms with E-state index in [2.05, 4.69) is 30.4 Å². The van der Waals surface area contributed by atoms with Crippen LogP contribution >= 0.6 is 0 Å². The Balaban J connectivity index is 1.33. The Morgan fingerprint density at radius 2 is 1.86 bits per heavy atom. The van der Waals surface area contributed by atoms with Crippen molar-refractivity contribution in [1.82, 2.24) is 34.3 Å². The van der Waals surface area contributed by atoms with Crippen LogP contribution in [0.3, 0.4) is 0 Å². The molecule has 6 aromatic rings. The number of aromatic nitrogens is 7. The summed E-state index contributed by atoms with van der Waals surface area (Å²) in [4.78, 5) is 30.7. The van der Waals surface area contributed by atoms with Gasteiger partial charge in [-0.3, -0.25) is 14.5 Å². The summed E-state index contributed by atoms with van der Waals surface area (Å²) in [6.45, 7) is 3.44. The zero-order chi connectivity index (χ0) is 30.3. The van der Waals surface area contributed by atoms with Crippen LogP contribution in [-0.2, 0) is 13.2 Å². The van der Waals surface area contributed by atoms with E-state index in [4.69, 9.17) is 4.74 Å². The summed E-state index contributed by atoms with van der Waals surface area (Å²) in [6.07, 6.45) is 3.35. The number of alkyl halides is 3. The maximum absolute atomic E-state index is 13.7. The average Bonchev–Trinajstić information content (AvgIpc) is 3.58. The molecule has 0 aliphatic carbocycles. The number of carbonyl (C=O) groups excluding carboxylic acids is 1. The number of imidazole rings is 1. The van der Waals surface area contributed by atoms with Crippen molar-refractivity contribution in [3.8, 4) is 28.7 Å². The van der Waals surface area contributed by atoms with E-state index >= 15 is 0 Å². The molecule has 10 nitrogen and oxygen atoms in total. The second kappa shape index (κ2) is 10.7. The molecular weight excluding hydrogens is 561 g/mol. The van der Waals surface area contributed by atoms with Crippen LogP contribution in [0.4, 0.5) is 18.9 Å². The Morgan fingerprint density at radius 1 is 1.02 bits per heavy atom. The predicted octanol–water partition coefficient (Wildman–Crippen LogP) is 6.29. The molecule has 0 saturated heterocycles. The van der Waals surface area contributed by atoms with Gasteiger partial charge in [0.2, 0.25) is 5.88 Å². The van der Waals surface area contributed by atoms with Gasteiger partial charge in [0.15, 0.2) is 11.5 Å². The number of nitrogens with zero attached hydrogens (tertiary/aromatic N) is 7. The third kappa shape index (κ3) is 5.77. The van der Waals surface area contributed by atoms with Crippen molar-refractivity contribution in [1.29, 1.82) is 0 Å². The summed E-state index contributed by atoms with van der Waals surface area (Å²) < 4.78 is 50.4. The minimum Gasteiger partial charge on any atom is -0.438 e. The van der Waals surface area contributed by atoms with Crippen LogP contribution in [-0.4, -0.2) is 40.2 Å². The van der Waals surface area contributed by atoms with E-state index in [0.717, 1.165) is 12.1 Å². The number of pyridine rings is 1. The van der Waals surface area contributed by atoms with E-state index in [9.17, 15) is 18.0 Å². The molecule has 0 saturated carbocycles. The number of hydrogen-bond donors (Lipinski definition) is 1. The molecule has 0 radical (unpaired) electrons. The molecule has 6 rings (SSSR count). The van der Waals surface area contributed by atoms with Crippen molar-refractivity contribution < 1.29 is 22.7 Å². The molecule has 216 valence electrons. The van der Waals surface area contributed by atoms with Gasteiger partial charge in [-0.25, -0.2) is 9.97 Å². The molecule has 1 N–H and O–H groups in total. The first-order chi connectivity index (χ1) is 20.5. The number of halogens is 3. The van der Waals surface area contributed by atoms with Crippen molar-refractivity contribution in [2.75, 3.05) is 5.32 Å². The summed E-state index contributed by atoms with van der Waals surface area (Å²) in [5.74, 6) is 0.244. The number of carbonyl (C=O) groups is 1. The van der Waals surface area contributed by atoms with Gasteiger partial charge in [-0.15, -0.1) is 0 Å². The Labute approximate surface area is 242 Å². The van der Waals surface area contributed by atoms with E-state index in [1.807, 2.05) is 6.07 Å². The molecule has 2 aromatic carbocycles. The third-order valence-corrected chi connectivity index (χ3v) is 6.56. The average molecular weight is 585 g/mol. The zero-order valence-corrected chi connectivity index (χ0v) is 23.1. The largest absolute Gasteiger partial charge is 0.438 e. The fourth-order valence-corrected chi connectivity index (χ4v) is 4.47. The minimum absolute atomic E-state index is 0.0270. The molecule has 1 amide bonds. The van der Waals surface area contributed by atoms with Gasteiger partial charge in [0.25, 0.3) is 5.91 Å². The normalized spacial score (nSPS) is 11.6. The molecule has 0 fully saturated rings. The fourth-order valence-electron chi connectivity index (χ4n) is 4.47. The number of nitrogens with one attached hydrogen (secondary N) is 1. The van der Waals surface area contributed by atoms with E-state index in [0.29, 0.717) is 33.7 Å². The molecule has 4 aromatic heterocycles. The first-order valence-electron chi connectivity index (χ1n) is 13.0. The summed E-state index contributed by atoms with van der Waals surface area (Å²) in [6, 6.07) is 11.8. The van der Waals surface area contributed by atoms with Gasteiger partial charge in [0, 0.05) is 54.3 Å². The van der Waals surface area contributed by atoms with Crippen LogP contribution in [0, 0.1) is 13.8 Å². The Kier molecular flexibility index (Phi) is 6.84. The molecule has 0 atom stereocenters.